The average Bonchev–Trinajstić information content (AvgIpc) is 2.78. The number of hydrogen-bond donors (Lipinski definition) is 3. The molecule has 102 valence electrons. The summed E-state index contributed by atoms with van der Waals surface area (Å²) in [5.41, 5.74) is 2.21. The Morgan fingerprint density at radius 3 is 2.78 bits per heavy atom. The van der Waals surface area contributed by atoms with Crippen molar-refractivity contribution in [2.75, 3.05) is 6.61 Å². The van der Waals surface area contributed by atoms with E-state index in [1.165, 1.54) is 15.6 Å². The van der Waals surface area contributed by atoms with Crippen LogP contribution in [0.1, 0.15) is 26.5 Å². The van der Waals surface area contributed by atoms with Crippen LogP contribution in [0, 0.1) is 0 Å². The first-order chi connectivity index (χ1) is 8.34. The second-order valence-electron chi connectivity index (χ2n) is 5.00. The summed E-state index contributed by atoms with van der Waals surface area (Å²) in [6, 6.07) is -0.670. The Morgan fingerprint density at radius 1 is 1.67 bits per heavy atom. The standard InChI is InChI=1S/C11H19N3O2S2/c1-11(2,3)14(17)10(16)13-8(5-15)4-9-6-18-7-12-9/h6-8,15,17H,4-5H2,1-3H3,(H,13,16). The van der Waals surface area contributed by atoms with Crippen molar-refractivity contribution in [3.8, 4) is 0 Å². The number of urea groups is 1. The number of hydrogen-bond acceptors (Lipinski definition) is 5. The van der Waals surface area contributed by atoms with Gasteiger partial charge in [-0.3, -0.25) is 4.31 Å². The van der Waals surface area contributed by atoms with Gasteiger partial charge in [0.05, 0.1) is 23.9 Å². The monoisotopic (exact) mass is 289 g/mol. The van der Waals surface area contributed by atoms with Crippen molar-refractivity contribution in [2.45, 2.75) is 38.8 Å². The molecule has 0 bridgehead atoms. The number of rotatable bonds is 4. The molecule has 0 saturated carbocycles. The maximum Gasteiger partial charge on any atom is 0.328 e. The van der Waals surface area contributed by atoms with Gasteiger partial charge in [-0.15, -0.1) is 11.3 Å². The van der Waals surface area contributed by atoms with Gasteiger partial charge < -0.3 is 10.4 Å². The zero-order chi connectivity index (χ0) is 13.8. The number of nitrogens with zero attached hydrogens (tertiary/aromatic N) is 2. The molecular formula is C11H19N3O2S2. The van der Waals surface area contributed by atoms with Gasteiger partial charge in [0, 0.05) is 17.3 Å². The zero-order valence-electron chi connectivity index (χ0n) is 10.8. The number of aliphatic hydroxyl groups is 1. The third-order valence-electron chi connectivity index (χ3n) is 2.31. The summed E-state index contributed by atoms with van der Waals surface area (Å²) in [5.74, 6) is 0. The lowest BCUT2D eigenvalue weighted by atomic mass is 10.1. The second kappa shape index (κ2) is 6.40. The van der Waals surface area contributed by atoms with Gasteiger partial charge in [-0.2, -0.15) is 0 Å². The molecule has 0 fully saturated rings. The third-order valence-corrected chi connectivity index (χ3v) is 3.73. The molecule has 1 aromatic rings. The maximum absolute atomic E-state index is 11.9. The average molecular weight is 289 g/mol. The molecule has 1 rings (SSSR count). The summed E-state index contributed by atoms with van der Waals surface area (Å²) in [7, 11) is 0. The van der Waals surface area contributed by atoms with Crippen molar-refractivity contribution in [1.82, 2.24) is 14.6 Å². The van der Waals surface area contributed by atoms with E-state index in [1.54, 1.807) is 5.51 Å². The Balaban J connectivity index is 2.55. The van der Waals surface area contributed by atoms with Gasteiger partial charge in [-0.25, -0.2) is 9.78 Å². The molecule has 0 aliphatic carbocycles. The first kappa shape index (κ1) is 15.3. The highest BCUT2D eigenvalue weighted by Gasteiger charge is 2.25. The molecular weight excluding hydrogens is 270 g/mol. The largest absolute Gasteiger partial charge is 0.394 e. The molecule has 0 radical (unpaired) electrons. The smallest absolute Gasteiger partial charge is 0.328 e. The van der Waals surface area contributed by atoms with Gasteiger partial charge in [0.25, 0.3) is 0 Å². The van der Waals surface area contributed by atoms with Crippen LogP contribution in [-0.4, -0.2) is 38.6 Å². The quantitative estimate of drug-likeness (QED) is 0.739. The third kappa shape index (κ3) is 4.47. The molecule has 0 aromatic carbocycles. The van der Waals surface area contributed by atoms with E-state index in [0.29, 0.717) is 6.42 Å². The maximum atomic E-state index is 11.9. The summed E-state index contributed by atoms with van der Waals surface area (Å²) in [4.78, 5) is 16.0. The Hall–Kier alpha value is -0.790. The fourth-order valence-corrected chi connectivity index (χ4v) is 1.92. The first-order valence-electron chi connectivity index (χ1n) is 5.62. The molecule has 1 heterocycles. The van der Waals surface area contributed by atoms with Gasteiger partial charge in [0.1, 0.15) is 0 Å². The molecule has 5 nitrogen and oxygen atoms in total. The molecule has 1 atom stereocenters. The van der Waals surface area contributed by atoms with Crippen LogP contribution >= 0.6 is 24.2 Å². The lowest BCUT2D eigenvalue weighted by Gasteiger charge is -2.31. The van der Waals surface area contributed by atoms with E-state index >= 15 is 0 Å². The minimum absolute atomic E-state index is 0.130. The predicted octanol–water partition coefficient (Wildman–Crippen LogP) is 1.70. The number of aliphatic hydroxyl groups excluding tert-OH is 1. The molecule has 7 heteroatoms. The van der Waals surface area contributed by atoms with Gasteiger partial charge in [-0.05, 0) is 20.8 Å². The van der Waals surface area contributed by atoms with E-state index in [4.69, 9.17) is 0 Å². The first-order valence-corrected chi connectivity index (χ1v) is 6.96. The molecule has 1 aromatic heterocycles. The van der Waals surface area contributed by atoms with E-state index < -0.39 is 0 Å². The SMILES string of the molecule is CC(C)(C)N(S)C(=O)NC(CO)Cc1cscn1. The number of carbonyl (C=O) groups excluding carboxylic acids is 1. The fraction of sp³-hybridized carbons (Fsp3) is 0.636. The summed E-state index contributed by atoms with van der Waals surface area (Å²) < 4.78 is 1.32. The van der Waals surface area contributed by atoms with Crippen LogP contribution in [0.25, 0.3) is 0 Å². The van der Waals surface area contributed by atoms with Gasteiger partial charge in [-0.1, -0.05) is 12.8 Å². The van der Waals surface area contributed by atoms with Crippen LogP contribution in [0.2, 0.25) is 0 Å². The summed E-state index contributed by atoms with van der Waals surface area (Å²) in [6.45, 7) is 5.52. The van der Waals surface area contributed by atoms with Crippen molar-refractivity contribution in [3.05, 3.63) is 16.6 Å². The van der Waals surface area contributed by atoms with Crippen molar-refractivity contribution in [1.29, 1.82) is 0 Å². The van der Waals surface area contributed by atoms with E-state index in [-0.39, 0.29) is 24.2 Å². The molecule has 0 aliphatic heterocycles. The summed E-state index contributed by atoms with van der Waals surface area (Å²) >= 11 is 5.65. The summed E-state index contributed by atoms with van der Waals surface area (Å²) in [6.07, 6.45) is 0.511. The number of carbonyl (C=O) groups is 1. The highest BCUT2D eigenvalue weighted by Crippen LogP contribution is 2.15. The fourth-order valence-electron chi connectivity index (χ4n) is 1.29. The highest BCUT2D eigenvalue weighted by molar-refractivity contribution is 7.78. The van der Waals surface area contributed by atoms with Crippen LogP contribution in [-0.2, 0) is 6.42 Å². The summed E-state index contributed by atoms with van der Waals surface area (Å²) in [5, 5.41) is 13.9. The topological polar surface area (TPSA) is 65.5 Å². The zero-order valence-corrected chi connectivity index (χ0v) is 12.5. The normalized spacial score (nSPS) is 13.2. The molecule has 0 saturated heterocycles. The van der Waals surface area contributed by atoms with Crippen molar-refractivity contribution in [2.24, 2.45) is 0 Å². The lowest BCUT2D eigenvalue weighted by Crippen LogP contribution is -2.49. The van der Waals surface area contributed by atoms with Crippen LogP contribution in [0.4, 0.5) is 4.79 Å². The molecule has 2 N–H and O–H groups in total. The van der Waals surface area contributed by atoms with E-state index in [0.717, 1.165) is 5.69 Å². The Morgan fingerprint density at radius 2 is 2.33 bits per heavy atom. The molecule has 2 amide bonds. The number of aromatic nitrogens is 1. The number of nitrogens with one attached hydrogen (secondary N) is 1. The van der Waals surface area contributed by atoms with Crippen molar-refractivity contribution >= 4 is 30.2 Å². The van der Waals surface area contributed by atoms with Crippen LogP contribution in [0.5, 0.6) is 0 Å². The Bertz CT molecular complexity index is 376. The predicted molar refractivity (Wildman–Crippen MR) is 75.8 cm³/mol. The van der Waals surface area contributed by atoms with Gasteiger partial charge in [0.2, 0.25) is 0 Å². The van der Waals surface area contributed by atoms with E-state index in [9.17, 15) is 9.90 Å². The number of thiol groups is 1. The van der Waals surface area contributed by atoms with Crippen LogP contribution < -0.4 is 5.32 Å². The molecule has 18 heavy (non-hydrogen) atoms. The Kier molecular flexibility index (Phi) is 5.43. The van der Waals surface area contributed by atoms with Crippen LogP contribution in [0.15, 0.2) is 10.9 Å². The second-order valence-corrected chi connectivity index (χ2v) is 6.11. The molecule has 0 spiro atoms. The molecule has 1 unspecified atom stereocenters. The minimum atomic E-state index is -0.381. The minimum Gasteiger partial charge on any atom is -0.394 e. The lowest BCUT2D eigenvalue weighted by molar-refractivity contribution is 0.186. The van der Waals surface area contributed by atoms with E-state index in [1.807, 2.05) is 26.2 Å². The van der Waals surface area contributed by atoms with Crippen molar-refractivity contribution < 1.29 is 9.90 Å². The van der Waals surface area contributed by atoms with Gasteiger partial charge >= 0.3 is 6.03 Å². The number of amides is 2. The highest BCUT2D eigenvalue weighted by atomic mass is 32.1. The van der Waals surface area contributed by atoms with Gasteiger partial charge in [0.15, 0.2) is 0 Å². The van der Waals surface area contributed by atoms with E-state index in [2.05, 4.69) is 23.1 Å². The van der Waals surface area contributed by atoms with Crippen molar-refractivity contribution in [3.63, 3.8) is 0 Å². The molecule has 0 aliphatic rings. The Labute approximate surface area is 117 Å². The number of thiazole rings is 1. The van der Waals surface area contributed by atoms with Crippen LogP contribution in [0.3, 0.4) is 0 Å².